The van der Waals surface area contributed by atoms with Crippen molar-refractivity contribution in [2.24, 2.45) is 0 Å². The molecule has 3 rings (SSSR count). The number of hydrogen-bond donors (Lipinski definition) is 4. The van der Waals surface area contributed by atoms with Crippen LogP contribution in [0.4, 0.5) is 5.69 Å². The van der Waals surface area contributed by atoms with Crippen LogP contribution in [0.5, 0.6) is 11.5 Å². The van der Waals surface area contributed by atoms with Crippen molar-refractivity contribution in [3.8, 4) is 11.5 Å². The van der Waals surface area contributed by atoms with Gasteiger partial charge < -0.3 is 30.7 Å². The molecule has 0 aliphatic carbocycles. The molecule has 0 saturated carbocycles. The second kappa shape index (κ2) is 25.2. The van der Waals surface area contributed by atoms with Crippen molar-refractivity contribution < 1.29 is 23.9 Å². The molecule has 3 aromatic rings. The first-order valence-corrected chi connectivity index (χ1v) is 18.7. The molecule has 0 bridgehead atoms. The molecule has 0 fully saturated rings. The van der Waals surface area contributed by atoms with Gasteiger partial charge in [-0.1, -0.05) is 107 Å². The number of methoxy groups -OCH3 is 1. The van der Waals surface area contributed by atoms with Crippen LogP contribution in [0.1, 0.15) is 95.1 Å². The maximum atomic E-state index is 13.2. The summed E-state index contributed by atoms with van der Waals surface area (Å²) in [4.78, 5) is 38.3. The quantitative estimate of drug-likeness (QED) is 0.0386. The Labute approximate surface area is 305 Å². The summed E-state index contributed by atoms with van der Waals surface area (Å²) in [6.07, 6.45) is 16.5. The van der Waals surface area contributed by atoms with Crippen LogP contribution in [-0.2, 0) is 20.8 Å². The summed E-state index contributed by atoms with van der Waals surface area (Å²) in [5, 5.41) is 11.8. The van der Waals surface area contributed by atoms with Gasteiger partial charge in [0.05, 0.1) is 13.7 Å². The van der Waals surface area contributed by atoms with Gasteiger partial charge in [0.25, 0.3) is 5.91 Å². The fraction of sp³-hybridized carbons (Fsp3) is 0.452. The molecule has 276 valence electrons. The van der Waals surface area contributed by atoms with E-state index in [-0.39, 0.29) is 11.8 Å². The van der Waals surface area contributed by atoms with Gasteiger partial charge in [0.1, 0.15) is 11.5 Å². The third-order valence-electron chi connectivity index (χ3n) is 8.48. The third-order valence-corrected chi connectivity index (χ3v) is 8.48. The number of benzene rings is 3. The lowest BCUT2D eigenvalue weighted by atomic mass is 10.1. The number of unbranched alkanes of at least 4 members (excludes halogenated alkanes) is 9. The predicted octanol–water partition coefficient (Wildman–Crippen LogP) is 7.82. The van der Waals surface area contributed by atoms with E-state index in [0.29, 0.717) is 43.9 Å². The summed E-state index contributed by atoms with van der Waals surface area (Å²) >= 11 is 0. The molecule has 0 aliphatic rings. The molecule has 1 unspecified atom stereocenters. The average Bonchev–Trinajstić information content (AvgIpc) is 3.15. The Morgan fingerprint density at radius 2 is 1.35 bits per heavy atom. The smallest absolute Gasteiger partial charge is 0.263 e. The maximum Gasteiger partial charge on any atom is 0.263 e. The predicted molar refractivity (Wildman–Crippen MR) is 207 cm³/mol. The summed E-state index contributed by atoms with van der Waals surface area (Å²) in [6.45, 7) is 3.79. The van der Waals surface area contributed by atoms with Crippen LogP contribution >= 0.6 is 0 Å². The third kappa shape index (κ3) is 18.1. The molecule has 51 heavy (non-hydrogen) atoms. The van der Waals surface area contributed by atoms with E-state index in [1.54, 1.807) is 37.5 Å². The van der Waals surface area contributed by atoms with Crippen molar-refractivity contribution in [1.82, 2.24) is 16.0 Å². The standard InChI is InChI=1S/C42H58N4O5/c1-3-4-5-6-7-8-9-10-11-15-31-43-39(47)19-16-33-51-38-27-23-36(24-28-38)45-41(46-40(48)29-22-34-17-13-12-14-18-34)42(49)44-32-30-35-20-25-37(50-2)26-21-35/h12-14,17-18,20-29,41,45H,3-11,15-16,19,30-33H2,1-2H3,(H,43,47)(H,44,49)(H,46,48). The number of rotatable bonds is 26. The highest BCUT2D eigenvalue weighted by Crippen LogP contribution is 2.17. The molecular formula is C42H58N4O5. The van der Waals surface area contributed by atoms with E-state index >= 15 is 0 Å². The lowest BCUT2D eigenvalue weighted by molar-refractivity contribution is -0.126. The maximum absolute atomic E-state index is 13.2. The highest BCUT2D eigenvalue weighted by atomic mass is 16.5. The fourth-order valence-corrected chi connectivity index (χ4v) is 5.48. The topological polar surface area (TPSA) is 118 Å². The zero-order chi connectivity index (χ0) is 36.4. The normalized spacial score (nSPS) is 11.5. The van der Waals surface area contributed by atoms with E-state index in [1.165, 1.54) is 57.4 Å². The zero-order valence-electron chi connectivity index (χ0n) is 30.6. The second-order valence-corrected chi connectivity index (χ2v) is 12.7. The minimum absolute atomic E-state index is 0.0584. The number of carbonyl (C=O) groups excluding carboxylic acids is 3. The molecule has 0 spiro atoms. The highest BCUT2D eigenvalue weighted by Gasteiger charge is 2.20. The molecular weight excluding hydrogens is 640 g/mol. The van der Waals surface area contributed by atoms with Crippen molar-refractivity contribution in [3.63, 3.8) is 0 Å². The van der Waals surface area contributed by atoms with Gasteiger partial charge in [0.2, 0.25) is 11.8 Å². The summed E-state index contributed by atoms with van der Waals surface area (Å²) < 4.78 is 11.1. The van der Waals surface area contributed by atoms with Gasteiger partial charge in [-0.2, -0.15) is 0 Å². The van der Waals surface area contributed by atoms with Gasteiger partial charge in [-0.25, -0.2) is 0 Å². The fourth-order valence-electron chi connectivity index (χ4n) is 5.48. The van der Waals surface area contributed by atoms with Crippen molar-refractivity contribution >= 4 is 29.5 Å². The molecule has 4 N–H and O–H groups in total. The van der Waals surface area contributed by atoms with Crippen LogP contribution in [0.25, 0.3) is 6.08 Å². The molecule has 0 radical (unpaired) electrons. The van der Waals surface area contributed by atoms with Gasteiger partial charge in [-0.15, -0.1) is 0 Å². The van der Waals surface area contributed by atoms with E-state index in [9.17, 15) is 14.4 Å². The molecule has 0 saturated heterocycles. The molecule has 3 amide bonds. The SMILES string of the molecule is CCCCCCCCCCCCNC(=O)CCCOc1ccc(NC(NC(=O)C=Cc2ccccc2)C(=O)NCCc2ccc(OC)cc2)cc1. The summed E-state index contributed by atoms with van der Waals surface area (Å²) in [7, 11) is 1.62. The number of nitrogens with one attached hydrogen (secondary N) is 4. The molecule has 9 heteroatoms. The van der Waals surface area contributed by atoms with E-state index in [4.69, 9.17) is 9.47 Å². The number of anilines is 1. The van der Waals surface area contributed by atoms with Crippen LogP contribution in [0.15, 0.2) is 84.9 Å². The molecule has 0 aromatic heterocycles. The second-order valence-electron chi connectivity index (χ2n) is 12.7. The number of carbonyl (C=O) groups is 3. The minimum Gasteiger partial charge on any atom is -0.497 e. The summed E-state index contributed by atoms with van der Waals surface area (Å²) in [6, 6.07) is 24.3. The Morgan fingerprint density at radius 1 is 0.706 bits per heavy atom. The number of ether oxygens (including phenoxy) is 2. The largest absolute Gasteiger partial charge is 0.497 e. The Balaban J connectivity index is 1.39. The van der Waals surface area contributed by atoms with Crippen molar-refractivity contribution in [2.75, 3.05) is 32.1 Å². The lowest BCUT2D eigenvalue weighted by Crippen LogP contribution is -2.51. The van der Waals surface area contributed by atoms with Gasteiger partial charge >= 0.3 is 0 Å². The molecule has 0 heterocycles. The highest BCUT2D eigenvalue weighted by molar-refractivity contribution is 5.96. The van der Waals surface area contributed by atoms with Gasteiger partial charge in [-0.3, -0.25) is 14.4 Å². The van der Waals surface area contributed by atoms with Crippen LogP contribution in [-0.4, -0.2) is 50.7 Å². The summed E-state index contributed by atoms with van der Waals surface area (Å²) in [5.41, 5.74) is 2.56. The molecule has 9 nitrogen and oxygen atoms in total. The van der Waals surface area contributed by atoms with Gasteiger partial charge in [0.15, 0.2) is 6.17 Å². The van der Waals surface area contributed by atoms with Gasteiger partial charge in [-0.05, 0) is 72.9 Å². The first-order valence-electron chi connectivity index (χ1n) is 18.7. The Kier molecular flexibility index (Phi) is 20.1. The van der Waals surface area contributed by atoms with Crippen molar-refractivity contribution in [2.45, 2.75) is 96.6 Å². The number of hydrogen-bond acceptors (Lipinski definition) is 6. The average molecular weight is 699 g/mol. The van der Waals surface area contributed by atoms with E-state index in [1.807, 2.05) is 54.6 Å². The Morgan fingerprint density at radius 3 is 2.02 bits per heavy atom. The summed E-state index contributed by atoms with van der Waals surface area (Å²) in [5.74, 6) is 0.711. The van der Waals surface area contributed by atoms with Gasteiger partial charge in [0, 0.05) is 31.3 Å². The van der Waals surface area contributed by atoms with Crippen LogP contribution < -0.4 is 30.7 Å². The lowest BCUT2D eigenvalue weighted by Gasteiger charge is -2.20. The molecule has 1 atom stereocenters. The Bertz CT molecular complexity index is 1430. The minimum atomic E-state index is -1.01. The van der Waals surface area contributed by atoms with Crippen molar-refractivity contribution in [3.05, 3.63) is 96.1 Å². The van der Waals surface area contributed by atoms with E-state index in [2.05, 4.69) is 28.2 Å². The zero-order valence-corrected chi connectivity index (χ0v) is 30.6. The van der Waals surface area contributed by atoms with Crippen LogP contribution in [0.3, 0.4) is 0 Å². The van der Waals surface area contributed by atoms with Crippen LogP contribution in [0, 0.1) is 0 Å². The first-order chi connectivity index (χ1) is 25.0. The van der Waals surface area contributed by atoms with Crippen molar-refractivity contribution in [1.29, 1.82) is 0 Å². The van der Waals surface area contributed by atoms with Crippen LogP contribution in [0.2, 0.25) is 0 Å². The molecule has 0 aliphatic heterocycles. The Hall–Kier alpha value is -4.79. The number of amides is 3. The van der Waals surface area contributed by atoms with E-state index < -0.39 is 12.1 Å². The molecule has 3 aromatic carbocycles. The van der Waals surface area contributed by atoms with E-state index in [0.717, 1.165) is 36.3 Å². The monoisotopic (exact) mass is 698 g/mol. The first kappa shape index (κ1) is 40.6.